The monoisotopic (exact) mass is 529 g/mol. The molecule has 2 aromatic carbocycles. The fourth-order valence-electron chi connectivity index (χ4n) is 6.73. The quantitative estimate of drug-likeness (QED) is 0.494. The number of amides is 3. The first-order valence-corrected chi connectivity index (χ1v) is 14.1. The number of nitrogens with zero attached hydrogens (tertiary/aromatic N) is 1. The van der Waals surface area contributed by atoms with Gasteiger partial charge in [0.2, 0.25) is 17.7 Å². The van der Waals surface area contributed by atoms with E-state index in [0.717, 1.165) is 31.4 Å². The first kappa shape index (κ1) is 25.6. The van der Waals surface area contributed by atoms with Crippen LogP contribution in [0, 0.1) is 11.8 Å². The largest absolute Gasteiger partial charge is 0.457 e. The molecule has 6 rings (SSSR count). The topological polar surface area (TPSA) is 97.0 Å². The second-order valence-corrected chi connectivity index (χ2v) is 11.0. The molecule has 204 valence electrons. The Morgan fingerprint density at radius 2 is 1.72 bits per heavy atom. The zero-order chi connectivity index (χ0) is 27.0. The fraction of sp³-hybridized carbons (Fsp3) is 0.452. The van der Waals surface area contributed by atoms with E-state index < -0.39 is 29.6 Å². The molecule has 3 heterocycles. The standard InChI is InChI=1S/C31H35N3O5/c1-2-19-34-27(29(36)33-20-9-5-3-6-10-20)31-18-17-24(39-31)25(26(31)30(34)37)28(35)32-21-13-15-23(16-14-21)38-22-11-7-4-8-12-22/h4,7-8,11-18,20,24-27H,2-3,5-6,9-10,19H2,1H3,(H,32,35)(H,33,36). The summed E-state index contributed by atoms with van der Waals surface area (Å²) in [5, 5.41) is 6.17. The second-order valence-electron chi connectivity index (χ2n) is 11.0. The minimum Gasteiger partial charge on any atom is -0.457 e. The molecule has 8 nitrogen and oxygen atoms in total. The lowest BCUT2D eigenvalue weighted by molar-refractivity contribution is -0.141. The van der Waals surface area contributed by atoms with E-state index in [2.05, 4.69) is 10.6 Å². The summed E-state index contributed by atoms with van der Waals surface area (Å²) in [5.41, 5.74) is -0.519. The van der Waals surface area contributed by atoms with Gasteiger partial charge in [0.25, 0.3) is 0 Å². The Kier molecular flexibility index (Phi) is 6.89. The van der Waals surface area contributed by atoms with Crippen LogP contribution >= 0.6 is 0 Å². The van der Waals surface area contributed by atoms with Gasteiger partial charge in [-0.3, -0.25) is 14.4 Å². The Morgan fingerprint density at radius 1 is 1.00 bits per heavy atom. The van der Waals surface area contributed by atoms with Crippen molar-refractivity contribution in [2.75, 3.05) is 11.9 Å². The summed E-state index contributed by atoms with van der Waals surface area (Å²) in [6.07, 6.45) is 9.17. The molecule has 5 unspecified atom stereocenters. The molecule has 4 aliphatic rings. The number of carbonyl (C=O) groups excluding carboxylic acids is 3. The van der Waals surface area contributed by atoms with Gasteiger partial charge in [0.15, 0.2) is 0 Å². The van der Waals surface area contributed by atoms with Gasteiger partial charge in [-0.05, 0) is 55.7 Å². The van der Waals surface area contributed by atoms with Gasteiger partial charge in [0, 0.05) is 18.3 Å². The zero-order valence-electron chi connectivity index (χ0n) is 22.2. The van der Waals surface area contributed by atoms with Gasteiger partial charge < -0.3 is 25.0 Å². The fourth-order valence-corrected chi connectivity index (χ4v) is 6.73. The van der Waals surface area contributed by atoms with Gasteiger partial charge in [-0.25, -0.2) is 0 Å². The van der Waals surface area contributed by atoms with E-state index in [0.29, 0.717) is 24.4 Å². The molecule has 2 saturated heterocycles. The minimum absolute atomic E-state index is 0.121. The lowest BCUT2D eigenvalue weighted by Gasteiger charge is -2.34. The van der Waals surface area contributed by atoms with Crippen LogP contribution in [0.25, 0.3) is 0 Å². The lowest BCUT2D eigenvalue weighted by atomic mass is 9.74. The number of para-hydroxylation sites is 1. The van der Waals surface area contributed by atoms with Gasteiger partial charge in [0.05, 0.1) is 17.9 Å². The van der Waals surface area contributed by atoms with E-state index in [4.69, 9.17) is 9.47 Å². The summed E-state index contributed by atoms with van der Waals surface area (Å²) in [5.74, 6) is -0.713. The molecule has 39 heavy (non-hydrogen) atoms. The molecular formula is C31H35N3O5. The number of nitrogens with one attached hydrogen (secondary N) is 2. The molecule has 0 aromatic heterocycles. The highest BCUT2D eigenvalue weighted by Crippen LogP contribution is 2.55. The third kappa shape index (κ3) is 4.61. The molecule has 3 fully saturated rings. The maximum Gasteiger partial charge on any atom is 0.246 e. The third-order valence-corrected chi connectivity index (χ3v) is 8.44. The van der Waals surface area contributed by atoms with Crippen molar-refractivity contribution in [3.05, 3.63) is 66.7 Å². The highest BCUT2D eigenvalue weighted by molar-refractivity contribution is 6.02. The molecule has 2 bridgehead atoms. The highest BCUT2D eigenvalue weighted by atomic mass is 16.5. The Balaban J connectivity index is 1.19. The minimum atomic E-state index is -1.12. The summed E-state index contributed by atoms with van der Waals surface area (Å²) in [4.78, 5) is 42.7. The van der Waals surface area contributed by atoms with Crippen LogP contribution in [0.2, 0.25) is 0 Å². The molecule has 5 atom stereocenters. The average Bonchev–Trinajstić information content (AvgIpc) is 3.59. The van der Waals surface area contributed by atoms with Crippen LogP contribution in [0.5, 0.6) is 11.5 Å². The molecule has 2 aromatic rings. The van der Waals surface area contributed by atoms with Crippen LogP contribution in [0.4, 0.5) is 5.69 Å². The van der Waals surface area contributed by atoms with Gasteiger partial charge >= 0.3 is 0 Å². The first-order chi connectivity index (χ1) is 19.0. The van der Waals surface area contributed by atoms with Crippen LogP contribution in [0.1, 0.15) is 45.4 Å². The number of fused-ring (bicyclic) bond motifs is 1. The van der Waals surface area contributed by atoms with Crippen molar-refractivity contribution in [3.63, 3.8) is 0 Å². The van der Waals surface area contributed by atoms with E-state index >= 15 is 0 Å². The van der Waals surface area contributed by atoms with Crippen LogP contribution in [0.15, 0.2) is 66.7 Å². The predicted molar refractivity (Wildman–Crippen MR) is 146 cm³/mol. The van der Waals surface area contributed by atoms with Crippen LogP contribution in [-0.4, -0.2) is 53.0 Å². The van der Waals surface area contributed by atoms with Crippen molar-refractivity contribution in [3.8, 4) is 11.5 Å². The predicted octanol–water partition coefficient (Wildman–Crippen LogP) is 4.43. The molecule has 8 heteroatoms. The Bertz CT molecular complexity index is 1260. The summed E-state index contributed by atoms with van der Waals surface area (Å²) in [6, 6.07) is 15.9. The van der Waals surface area contributed by atoms with Gasteiger partial charge in [-0.15, -0.1) is 0 Å². The van der Waals surface area contributed by atoms with Crippen molar-refractivity contribution in [1.82, 2.24) is 10.2 Å². The summed E-state index contributed by atoms with van der Waals surface area (Å²) in [7, 11) is 0. The second kappa shape index (κ2) is 10.5. The molecular weight excluding hydrogens is 494 g/mol. The molecule has 0 radical (unpaired) electrons. The summed E-state index contributed by atoms with van der Waals surface area (Å²) in [6.45, 7) is 2.43. The van der Waals surface area contributed by atoms with E-state index in [1.807, 2.05) is 49.4 Å². The zero-order valence-corrected chi connectivity index (χ0v) is 22.2. The number of carbonyl (C=O) groups is 3. The molecule has 1 spiro atoms. The Morgan fingerprint density at radius 3 is 2.44 bits per heavy atom. The Labute approximate surface area is 228 Å². The number of benzene rings is 2. The normalized spacial score (nSPS) is 29.4. The molecule has 3 aliphatic heterocycles. The van der Waals surface area contributed by atoms with Crippen molar-refractivity contribution in [1.29, 1.82) is 0 Å². The first-order valence-electron chi connectivity index (χ1n) is 14.1. The SMILES string of the molecule is CCCN1C(=O)C2C(C(=O)Nc3ccc(Oc4ccccc4)cc3)C3C=CC2(O3)C1C(=O)NC1CCCCC1. The number of anilines is 1. The van der Waals surface area contributed by atoms with Crippen LogP contribution in [-0.2, 0) is 19.1 Å². The lowest BCUT2D eigenvalue weighted by Crippen LogP contribution is -2.56. The summed E-state index contributed by atoms with van der Waals surface area (Å²) < 4.78 is 12.2. The molecule has 1 aliphatic carbocycles. The molecule has 3 amide bonds. The number of hydrogen-bond donors (Lipinski definition) is 2. The van der Waals surface area contributed by atoms with Gasteiger partial charge in [-0.1, -0.05) is 56.5 Å². The van der Waals surface area contributed by atoms with Crippen molar-refractivity contribution >= 4 is 23.4 Å². The summed E-state index contributed by atoms with van der Waals surface area (Å²) >= 11 is 0. The third-order valence-electron chi connectivity index (χ3n) is 8.44. The van der Waals surface area contributed by atoms with E-state index in [1.54, 1.807) is 29.2 Å². The molecule has 2 N–H and O–H groups in total. The number of ether oxygens (including phenoxy) is 2. The Hall–Kier alpha value is -3.65. The van der Waals surface area contributed by atoms with E-state index in [9.17, 15) is 14.4 Å². The number of likely N-dealkylation sites (tertiary alicyclic amines) is 1. The maximum absolute atomic E-state index is 13.8. The van der Waals surface area contributed by atoms with Crippen LogP contribution in [0.3, 0.4) is 0 Å². The van der Waals surface area contributed by atoms with Crippen molar-refractivity contribution in [2.45, 2.75) is 69.2 Å². The van der Waals surface area contributed by atoms with Crippen LogP contribution < -0.4 is 15.4 Å². The maximum atomic E-state index is 13.8. The van der Waals surface area contributed by atoms with Gasteiger partial charge in [-0.2, -0.15) is 0 Å². The van der Waals surface area contributed by atoms with E-state index in [1.165, 1.54) is 6.42 Å². The molecule has 1 saturated carbocycles. The van der Waals surface area contributed by atoms with Gasteiger partial charge in [0.1, 0.15) is 23.1 Å². The van der Waals surface area contributed by atoms with Crippen molar-refractivity contribution in [2.24, 2.45) is 11.8 Å². The number of rotatable bonds is 8. The number of hydrogen-bond acceptors (Lipinski definition) is 5. The smallest absolute Gasteiger partial charge is 0.246 e. The van der Waals surface area contributed by atoms with E-state index in [-0.39, 0.29) is 23.8 Å². The highest BCUT2D eigenvalue weighted by Gasteiger charge is 2.72. The van der Waals surface area contributed by atoms with Crippen molar-refractivity contribution < 1.29 is 23.9 Å². The average molecular weight is 530 g/mol.